The molecule has 0 atom stereocenters. The summed E-state index contributed by atoms with van der Waals surface area (Å²) in [6.07, 6.45) is 2.74. The highest BCUT2D eigenvalue weighted by molar-refractivity contribution is 6.34. The maximum atomic E-state index is 11.1. The first-order chi connectivity index (χ1) is 5.75. The third kappa shape index (κ3) is 1.84. The van der Waals surface area contributed by atoms with E-state index in [1.807, 2.05) is 0 Å². The summed E-state index contributed by atoms with van der Waals surface area (Å²) in [5, 5.41) is 10.9. The van der Waals surface area contributed by atoms with Crippen LogP contribution in [0.2, 0.25) is 0 Å². The summed E-state index contributed by atoms with van der Waals surface area (Å²) in [7, 11) is 0. The lowest BCUT2D eigenvalue weighted by molar-refractivity contribution is -0.448. The number of carbonyl (C=O) groups excluding carboxylic acids is 1. The van der Waals surface area contributed by atoms with Crippen LogP contribution in [0.1, 0.15) is 12.8 Å². The van der Waals surface area contributed by atoms with Crippen LogP contribution in [0.25, 0.3) is 0 Å². The summed E-state index contributed by atoms with van der Waals surface area (Å²) in [6.45, 7) is 3.96. The van der Waals surface area contributed by atoms with Gasteiger partial charge in [0.2, 0.25) is 0 Å². The lowest BCUT2D eigenvalue weighted by Gasteiger charge is -2.01. The maximum Gasteiger partial charge on any atom is 0.400 e. The molecule has 66 valence electrons. The molecule has 0 N–H and O–H groups in total. The van der Waals surface area contributed by atoms with E-state index >= 15 is 0 Å². The summed E-state index contributed by atoms with van der Waals surface area (Å²) in [4.78, 5) is 11.1. The molecule has 0 aromatic rings. The Balaban J connectivity index is 2.51. The SMILES string of the molecule is C=CCOC(=O)C1=[N+]([O-])CCC1. The molecular formula is C8H11NO3. The largest absolute Gasteiger partial charge is 0.623 e. The molecule has 0 saturated carbocycles. The highest BCUT2D eigenvalue weighted by Gasteiger charge is 2.26. The van der Waals surface area contributed by atoms with Crippen LogP contribution in [-0.2, 0) is 9.53 Å². The molecule has 0 saturated heterocycles. The van der Waals surface area contributed by atoms with Crippen molar-refractivity contribution in [1.82, 2.24) is 0 Å². The first-order valence-electron chi connectivity index (χ1n) is 3.84. The van der Waals surface area contributed by atoms with Gasteiger partial charge in [-0.25, -0.2) is 9.53 Å². The molecule has 0 fully saturated rings. The summed E-state index contributed by atoms with van der Waals surface area (Å²) in [5.74, 6) is -0.512. The first-order valence-corrected chi connectivity index (χ1v) is 3.84. The van der Waals surface area contributed by atoms with Crippen LogP contribution in [0.3, 0.4) is 0 Å². The number of esters is 1. The lowest BCUT2D eigenvalue weighted by Crippen LogP contribution is -2.21. The molecule has 1 rings (SSSR count). The summed E-state index contributed by atoms with van der Waals surface area (Å²) < 4.78 is 5.41. The van der Waals surface area contributed by atoms with Gasteiger partial charge < -0.3 is 9.94 Å². The van der Waals surface area contributed by atoms with Crippen molar-refractivity contribution >= 4 is 11.7 Å². The van der Waals surface area contributed by atoms with Crippen molar-refractivity contribution in [3.05, 3.63) is 17.9 Å². The second-order valence-electron chi connectivity index (χ2n) is 2.54. The van der Waals surface area contributed by atoms with Crippen LogP contribution in [0.15, 0.2) is 12.7 Å². The molecule has 0 spiro atoms. The Morgan fingerprint density at radius 1 is 1.83 bits per heavy atom. The number of ether oxygens (including phenoxy) is 1. The maximum absolute atomic E-state index is 11.1. The topological polar surface area (TPSA) is 52.4 Å². The highest BCUT2D eigenvalue weighted by Crippen LogP contribution is 2.04. The number of carbonyl (C=O) groups is 1. The van der Waals surface area contributed by atoms with E-state index in [0.717, 1.165) is 6.42 Å². The van der Waals surface area contributed by atoms with Gasteiger partial charge in [-0.3, -0.25) is 0 Å². The Morgan fingerprint density at radius 2 is 2.58 bits per heavy atom. The van der Waals surface area contributed by atoms with E-state index in [0.29, 0.717) is 17.7 Å². The third-order valence-corrected chi connectivity index (χ3v) is 1.64. The van der Waals surface area contributed by atoms with E-state index in [9.17, 15) is 10.0 Å². The van der Waals surface area contributed by atoms with E-state index in [4.69, 9.17) is 4.74 Å². The van der Waals surface area contributed by atoms with Gasteiger partial charge in [-0.2, -0.15) is 0 Å². The quantitative estimate of drug-likeness (QED) is 0.267. The number of hydroxylamine groups is 1. The van der Waals surface area contributed by atoms with E-state index in [1.165, 1.54) is 6.08 Å². The van der Waals surface area contributed by atoms with Crippen molar-refractivity contribution in [2.75, 3.05) is 13.2 Å². The van der Waals surface area contributed by atoms with Crippen LogP contribution in [0.4, 0.5) is 0 Å². The summed E-state index contributed by atoms with van der Waals surface area (Å²) in [6, 6.07) is 0. The Labute approximate surface area is 70.7 Å². The zero-order chi connectivity index (χ0) is 8.97. The Hall–Kier alpha value is -1.32. The van der Waals surface area contributed by atoms with Crippen LogP contribution in [0.5, 0.6) is 0 Å². The van der Waals surface area contributed by atoms with E-state index in [-0.39, 0.29) is 12.3 Å². The fraction of sp³-hybridized carbons (Fsp3) is 0.500. The first kappa shape index (κ1) is 8.77. The van der Waals surface area contributed by atoms with Crippen molar-refractivity contribution in [3.63, 3.8) is 0 Å². The van der Waals surface area contributed by atoms with Crippen LogP contribution in [-0.4, -0.2) is 29.6 Å². The Morgan fingerprint density at radius 3 is 3.08 bits per heavy atom. The predicted molar refractivity (Wildman–Crippen MR) is 43.9 cm³/mol. The minimum atomic E-state index is -0.512. The standard InChI is InChI=1S/C8H11NO3/c1-2-6-12-8(10)7-4-3-5-9(7)11/h2H,1,3-6H2. The van der Waals surface area contributed by atoms with Gasteiger partial charge in [0.1, 0.15) is 6.61 Å². The Bertz CT molecular complexity index is 232. The third-order valence-electron chi connectivity index (χ3n) is 1.64. The minimum absolute atomic E-state index is 0.163. The molecule has 0 aliphatic carbocycles. The molecular weight excluding hydrogens is 158 g/mol. The van der Waals surface area contributed by atoms with Crippen LogP contribution >= 0.6 is 0 Å². The number of nitrogens with zero attached hydrogens (tertiary/aromatic N) is 1. The minimum Gasteiger partial charge on any atom is -0.623 e. The van der Waals surface area contributed by atoms with Crippen molar-refractivity contribution in [1.29, 1.82) is 0 Å². The van der Waals surface area contributed by atoms with Gasteiger partial charge >= 0.3 is 5.97 Å². The molecule has 12 heavy (non-hydrogen) atoms. The van der Waals surface area contributed by atoms with Gasteiger partial charge in [0.15, 0.2) is 6.54 Å². The number of hydrogen-bond donors (Lipinski definition) is 0. The average molecular weight is 169 g/mol. The zero-order valence-electron chi connectivity index (χ0n) is 6.78. The monoisotopic (exact) mass is 169 g/mol. The molecule has 1 aliphatic heterocycles. The van der Waals surface area contributed by atoms with Crippen LogP contribution in [0, 0.1) is 5.21 Å². The van der Waals surface area contributed by atoms with E-state index in [2.05, 4.69) is 6.58 Å². The van der Waals surface area contributed by atoms with Crippen molar-refractivity contribution < 1.29 is 14.3 Å². The van der Waals surface area contributed by atoms with Gasteiger partial charge in [0.25, 0.3) is 5.71 Å². The molecule has 0 aromatic carbocycles. The van der Waals surface area contributed by atoms with Crippen molar-refractivity contribution in [2.24, 2.45) is 0 Å². The zero-order valence-corrected chi connectivity index (χ0v) is 6.78. The lowest BCUT2D eigenvalue weighted by atomic mass is 10.2. The Kier molecular flexibility index (Phi) is 2.85. The molecule has 0 amide bonds. The van der Waals surface area contributed by atoms with E-state index < -0.39 is 5.97 Å². The van der Waals surface area contributed by atoms with Gasteiger partial charge in [0, 0.05) is 12.8 Å². The second-order valence-corrected chi connectivity index (χ2v) is 2.54. The normalized spacial score (nSPS) is 16.3. The summed E-state index contributed by atoms with van der Waals surface area (Å²) in [5.41, 5.74) is 0.233. The fourth-order valence-corrected chi connectivity index (χ4v) is 1.07. The van der Waals surface area contributed by atoms with Crippen LogP contribution < -0.4 is 0 Å². The van der Waals surface area contributed by atoms with Gasteiger partial charge in [-0.1, -0.05) is 12.7 Å². The molecule has 4 heteroatoms. The van der Waals surface area contributed by atoms with Gasteiger partial charge in [0.05, 0.1) is 0 Å². The molecule has 0 unspecified atom stereocenters. The summed E-state index contributed by atoms with van der Waals surface area (Å²) >= 11 is 0. The molecule has 4 nitrogen and oxygen atoms in total. The molecule has 1 heterocycles. The fourth-order valence-electron chi connectivity index (χ4n) is 1.07. The predicted octanol–water partition coefficient (Wildman–Crippen LogP) is 0.461. The van der Waals surface area contributed by atoms with Crippen molar-refractivity contribution in [2.45, 2.75) is 12.8 Å². The van der Waals surface area contributed by atoms with Gasteiger partial charge in [-0.15, -0.1) is 0 Å². The van der Waals surface area contributed by atoms with Crippen molar-refractivity contribution in [3.8, 4) is 0 Å². The molecule has 0 radical (unpaired) electrons. The number of rotatable bonds is 3. The van der Waals surface area contributed by atoms with E-state index in [1.54, 1.807) is 0 Å². The highest BCUT2D eigenvalue weighted by atomic mass is 16.5. The average Bonchev–Trinajstić information content (AvgIpc) is 2.47. The molecule has 0 aromatic heterocycles. The molecule has 0 bridgehead atoms. The smallest absolute Gasteiger partial charge is 0.400 e. The second kappa shape index (κ2) is 3.90. The molecule has 1 aliphatic rings. The number of hydrogen-bond acceptors (Lipinski definition) is 3. The van der Waals surface area contributed by atoms with Gasteiger partial charge in [-0.05, 0) is 0 Å².